The summed E-state index contributed by atoms with van der Waals surface area (Å²) in [5, 5.41) is 2.81. The first kappa shape index (κ1) is 19.2. The fourth-order valence-electron chi connectivity index (χ4n) is 3.45. The van der Waals surface area contributed by atoms with Gasteiger partial charge in [-0.15, -0.1) is 0 Å². The number of methoxy groups -OCH3 is 2. The van der Waals surface area contributed by atoms with Crippen LogP contribution in [0.4, 0.5) is 5.69 Å². The molecule has 0 spiro atoms. The Morgan fingerprint density at radius 3 is 2.59 bits per heavy atom. The maximum atomic E-state index is 12.9. The molecular weight excluding hydrogens is 372 g/mol. The standard InChI is InChI=1S/C21H24N4O4/c1-28-15-8-14(9-16(10-15)29-2)23-19(26)12-25-7-3-4-18-17(21(25)27)11-22-20(24-18)13-5-6-13/h8-11,13H,3-7,12H2,1-2H3,(H,23,26). The number of carbonyl (C=O) groups excluding carboxylic acids is 2. The first-order valence-electron chi connectivity index (χ1n) is 9.75. The van der Waals surface area contributed by atoms with Gasteiger partial charge in [0.2, 0.25) is 5.91 Å². The van der Waals surface area contributed by atoms with Gasteiger partial charge in [-0.25, -0.2) is 9.97 Å². The molecule has 29 heavy (non-hydrogen) atoms. The SMILES string of the molecule is COc1cc(NC(=O)CN2CCCc3nc(C4CC4)ncc3C2=O)cc(OC)c1. The number of aryl methyl sites for hydroxylation is 1. The molecule has 2 heterocycles. The third-order valence-corrected chi connectivity index (χ3v) is 5.16. The molecule has 2 amide bonds. The van der Waals surface area contributed by atoms with Gasteiger partial charge in [0.15, 0.2) is 0 Å². The van der Waals surface area contributed by atoms with Crippen LogP contribution in [0.2, 0.25) is 0 Å². The van der Waals surface area contributed by atoms with Crippen LogP contribution in [-0.4, -0.2) is 54.0 Å². The smallest absolute Gasteiger partial charge is 0.257 e. The topological polar surface area (TPSA) is 93.6 Å². The molecule has 0 bridgehead atoms. The summed E-state index contributed by atoms with van der Waals surface area (Å²) in [5.41, 5.74) is 1.85. The first-order valence-corrected chi connectivity index (χ1v) is 9.75. The van der Waals surface area contributed by atoms with Crippen LogP contribution in [0.1, 0.15) is 47.1 Å². The van der Waals surface area contributed by atoms with Crippen LogP contribution in [0, 0.1) is 0 Å². The molecule has 1 saturated carbocycles. The second-order valence-corrected chi connectivity index (χ2v) is 7.34. The zero-order valence-corrected chi connectivity index (χ0v) is 16.6. The van der Waals surface area contributed by atoms with Gasteiger partial charge >= 0.3 is 0 Å². The maximum Gasteiger partial charge on any atom is 0.257 e. The van der Waals surface area contributed by atoms with Gasteiger partial charge in [-0.2, -0.15) is 0 Å². The zero-order chi connectivity index (χ0) is 20.4. The van der Waals surface area contributed by atoms with Crippen LogP contribution in [-0.2, 0) is 11.2 Å². The fraction of sp³-hybridized carbons (Fsp3) is 0.429. The van der Waals surface area contributed by atoms with Crippen molar-refractivity contribution >= 4 is 17.5 Å². The van der Waals surface area contributed by atoms with Gasteiger partial charge < -0.3 is 19.7 Å². The minimum atomic E-state index is -0.285. The van der Waals surface area contributed by atoms with Crippen molar-refractivity contribution < 1.29 is 19.1 Å². The number of nitrogens with zero attached hydrogens (tertiary/aromatic N) is 3. The van der Waals surface area contributed by atoms with Gasteiger partial charge in [0.05, 0.1) is 25.5 Å². The van der Waals surface area contributed by atoms with Gasteiger partial charge in [0, 0.05) is 42.5 Å². The van der Waals surface area contributed by atoms with Crippen molar-refractivity contribution in [2.45, 2.75) is 31.6 Å². The zero-order valence-electron chi connectivity index (χ0n) is 16.6. The molecule has 2 aliphatic rings. The highest BCUT2D eigenvalue weighted by atomic mass is 16.5. The summed E-state index contributed by atoms with van der Waals surface area (Å²) in [6.07, 6.45) is 5.35. The van der Waals surface area contributed by atoms with Crippen LogP contribution < -0.4 is 14.8 Å². The lowest BCUT2D eigenvalue weighted by atomic mass is 10.1. The molecule has 1 aliphatic carbocycles. The predicted octanol–water partition coefficient (Wildman–Crippen LogP) is 2.40. The molecule has 1 aromatic heterocycles. The first-order chi connectivity index (χ1) is 14.1. The molecule has 8 heteroatoms. The number of rotatable bonds is 6. The van der Waals surface area contributed by atoms with E-state index in [-0.39, 0.29) is 18.4 Å². The van der Waals surface area contributed by atoms with Crippen molar-refractivity contribution in [3.63, 3.8) is 0 Å². The number of nitrogens with one attached hydrogen (secondary N) is 1. The largest absolute Gasteiger partial charge is 0.497 e. The van der Waals surface area contributed by atoms with Crippen LogP contribution in [0.3, 0.4) is 0 Å². The van der Waals surface area contributed by atoms with Crippen molar-refractivity contribution in [1.29, 1.82) is 0 Å². The van der Waals surface area contributed by atoms with Crippen molar-refractivity contribution in [1.82, 2.24) is 14.9 Å². The molecule has 1 fully saturated rings. The minimum absolute atomic E-state index is 0.0395. The highest BCUT2D eigenvalue weighted by Gasteiger charge is 2.30. The number of carbonyl (C=O) groups is 2. The van der Waals surface area contributed by atoms with E-state index in [1.807, 2.05) is 0 Å². The van der Waals surface area contributed by atoms with Gasteiger partial charge in [-0.1, -0.05) is 0 Å². The van der Waals surface area contributed by atoms with Crippen LogP contribution in [0.15, 0.2) is 24.4 Å². The summed E-state index contributed by atoms with van der Waals surface area (Å²) in [7, 11) is 3.09. The highest BCUT2D eigenvalue weighted by Crippen LogP contribution is 2.38. The second-order valence-electron chi connectivity index (χ2n) is 7.34. The Kier molecular flexibility index (Phi) is 5.33. The molecule has 0 unspecified atom stereocenters. The fourth-order valence-corrected chi connectivity index (χ4v) is 3.45. The summed E-state index contributed by atoms with van der Waals surface area (Å²) in [5.74, 6) is 1.95. The Labute approximate surface area is 169 Å². The van der Waals surface area contributed by atoms with E-state index in [1.54, 1.807) is 43.5 Å². The Bertz CT molecular complexity index is 920. The van der Waals surface area contributed by atoms with E-state index in [0.29, 0.717) is 41.6 Å². The van der Waals surface area contributed by atoms with E-state index < -0.39 is 0 Å². The average molecular weight is 396 g/mol. The Hall–Kier alpha value is -3.16. The molecule has 4 rings (SSSR count). The van der Waals surface area contributed by atoms with E-state index in [9.17, 15) is 9.59 Å². The van der Waals surface area contributed by atoms with Gasteiger partial charge in [-0.3, -0.25) is 9.59 Å². The highest BCUT2D eigenvalue weighted by molar-refractivity contribution is 6.00. The summed E-state index contributed by atoms with van der Waals surface area (Å²) in [6, 6.07) is 5.13. The van der Waals surface area contributed by atoms with Crippen molar-refractivity contribution in [3.05, 3.63) is 41.5 Å². The number of fused-ring (bicyclic) bond motifs is 1. The number of amides is 2. The monoisotopic (exact) mass is 396 g/mol. The quantitative estimate of drug-likeness (QED) is 0.806. The summed E-state index contributed by atoms with van der Waals surface area (Å²) >= 11 is 0. The Morgan fingerprint density at radius 2 is 1.93 bits per heavy atom. The summed E-state index contributed by atoms with van der Waals surface area (Å²) in [4.78, 5) is 36.1. The Balaban J connectivity index is 1.46. The van der Waals surface area contributed by atoms with Gasteiger partial charge in [0.25, 0.3) is 5.91 Å². The van der Waals surface area contributed by atoms with Crippen molar-refractivity contribution in [3.8, 4) is 11.5 Å². The molecule has 0 atom stereocenters. The summed E-state index contributed by atoms with van der Waals surface area (Å²) < 4.78 is 10.4. The molecule has 0 saturated heterocycles. The number of hydrogen-bond donors (Lipinski definition) is 1. The molecule has 1 aromatic carbocycles. The average Bonchev–Trinajstić information content (AvgIpc) is 3.57. The molecule has 8 nitrogen and oxygen atoms in total. The lowest BCUT2D eigenvalue weighted by molar-refractivity contribution is -0.116. The lowest BCUT2D eigenvalue weighted by Crippen LogP contribution is -2.38. The number of anilines is 1. The molecule has 1 N–H and O–H groups in total. The van der Waals surface area contributed by atoms with E-state index >= 15 is 0 Å². The van der Waals surface area contributed by atoms with E-state index in [4.69, 9.17) is 9.47 Å². The number of hydrogen-bond acceptors (Lipinski definition) is 6. The minimum Gasteiger partial charge on any atom is -0.497 e. The number of aromatic nitrogens is 2. The molecule has 0 radical (unpaired) electrons. The van der Waals surface area contributed by atoms with Crippen LogP contribution in [0.5, 0.6) is 11.5 Å². The second kappa shape index (κ2) is 8.06. The van der Waals surface area contributed by atoms with Gasteiger partial charge in [-0.05, 0) is 25.7 Å². The predicted molar refractivity (Wildman–Crippen MR) is 106 cm³/mol. The van der Waals surface area contributed by atoms with E-state index in [2.05, 4.69) is 15.3 Å². The summed E-state index contributed by atoms with van der Waals surface area (Å²) in [6.45, 7) is 0.463. The third-order valence-electron chi connectivity index (χ3n) is 5.16. The number of benzene rings is 1. The van der Waals surface area contributed by atoms with Gasteiger partial charge in [0.1, 0.15) is 23.9 Å². The van der Waals surface area contributed by atoms with E-state index in [1.165, 1.54) is 0 Å². The van der Waals surface area contributed by atoms with E-state index in [0.717, 1.165) is 30.8 Å². The third kappa shape index (κ3) is 4.31. The van der Waals surface area contributed by atoms with Crippen LogP contribution in [0.25, 0.3) is 0 Å². The van der Waals surface area contributed by atoms with Crippen LogP contribution >= 0.6 is 0 Å². The molecule has 152 valence electrons. The van der Waals surface area contributed by atoms with Crippen molar-refractivity contribution in [2.75, 3.05) is 32.6 Å². The lowest BCUT2D eigenvalue weighted by Gasteiger charge is -2.20. The normalized spacial score (nSPS) is 16.1. The van der Waals surface area contributed by atoms with Crippen molar-refractivity contribution in [2.24, 2.45) is 0 Å². The number of ether oxygens (including phenoxy) is 2. The maximum absolute atomic E-state index is 12.9. The molecule has 2 aromatic rings. The molecule has 1 aliphatic heterocycles. The molecular formula is C21H24N4O4. The Morgan fingerprint density at radius 1 is 1.21 bits per heavy atom.